The first-order valence-corrected chi connectivity index (χ1v) is 6.52. The highest BCUT2D eigenvalue weighted by atomic mass is 16.6. The topological polar surface area (TPSA) is 54.2 Å². The van der Waals surface area contributed by atoms with Gasteiger partial charge in [0.1, 0.15) is 11.4 Å². The monoisotopic (exact) mass is 260 g/mol. The molecule has 102 valence electrons. The highest BCUT2D eigenvalue weighted by Crippen LogP contribution is 2.10. The first kappa shape index (κ1) is 13.5. The summed E-state index contributed by atoms with van der Waals surface area (Å²) in [5.74, 6) is 0. The van der Waals surface area contributed by atoms with Crippen molar-refractivity contribution in [1.82, 2.24) is 15.6 Å². The van der Waals surface area contributed by atoms with Crippen molar-refractivity contribution in [1.29, 1.82) is 0 Å². The predicted octanol–water partition coefficient (Wildman–Crippen LogP) is 1.99. The van der Waals surface area contributed by atoms with Gasteiger partial charge in [-0.25, -0.2) is 4.63 Å². The molecule has 0 bridgehead atoms. The van der Waals surface area contributed by atoms with Crippen LogP contribution < -0.4 is 10.2 Å². The minimum absolute atomic E-state index is 0.713. The number of hydrogen-bond donors (Lipinski definition) is 1. The van der Waals surface area contributed by atoms with Crippen molar-refractivity contribution >= 4 is 5.69 Å². The van der Waals surface area contributed by atoms with Crippen LogP contribution in [0.15, 0.2) is 35.0 Å². The summed E-state index contributed by atoms with van der Waals surface area (Å²) in [6.45, 7) is 4.58. The normalized spacial score (nSPS) is 10.6. The van der Waals surface area contributed by atoms with Gasteiger partial charge in [-0.15, -0.1) is 0 Å². The summed E-state index contributed by atoms with van der Waals surface area (Å²) in [4.78, 5) is 2.25. The second kappa shape index (κ2) is 6.89. The van der Waals surface area contributed by atoms with E-state index in [1.807, 2.05) is 13.0 Å². The smallest absolute Gasteiger partial charge is 0.121 e. The second-order valence-electron chi connectivity index (χ2n) is 4.58. The number of rotatable bonds is 7. The van der Waals surface area contributed by atoms with E-state index in [4.69, 9.17) is 0 Å². The molecule has 0 radical (unpaired) electrons. The van der Waals surface area contributed by atoms with Crippen LogP contribution >= 0.6 is 0 Å². The molecule has 5 nitrogen and oxygen atoms in total. The van der Waals surface area contributed by atoms with Gasteiger partial charge in [0.25, 0.3) is 0 Å². The molecule has 1 N–H and O–H groups in total. The van der Waals surface area contributed by atoms with Crippen LogP contribution in [0.4, 0.5) is 5.69 Å². The lowest BCUT2D eigenvalue weighted by Gasteiger charge is -2.19. The fourth-order valence-electron chi connectivity index (χ4n) is 1.87. The summed E-state index contributed by atoms with van der Waals surface area (Å²) in [5, 5.41) is 10.9. The molecule has 1 aromatic carbocycles. The predicted molar refractivity (Wildman–Crippen MR) is 75.1 cm³/mol. The van der Waals surface area contributed by atoms with Crippen LogP contribution in [0.3, 0.4) is 0 Å². The van der Waals surface area contributed by atoms with Crippen LogP contribution in [-0.4, -0.2) is 30.5 Å². The maximum atomic E-state index is 4.65. The standard InChI is InChI=1S/C14H20N4O/c1-12-14(17-19-16-12)11-15-9-6-10-18(2)13-7-4-3-5-8-13/h3-5,7-8,15H,6,9-11H2,1-2H3. The molecule has 0 atom stereocenters. The molecule has 0 saturated carbocycles. The number of aryl methyl sites for hydroxylation is 1. The van der Waals surface area contributed by atoms with Crippen molar-refractivity contribution in [2.24, 2.45) is 0 Å². The zero-order valence-electron chi connectivity index (χ0n) is 11.5. The Morgan fingerprint density at radius 2 is 2.00 bits per heavy atom. The van der Waals surface area contributed by atoms with E-state index in [1.54, 1.807) is 0 Å². The quantitative estimate of drug-likeness (QED) is 0.772. The van der Waals surface area contributed by atoms with E-state index >= 15 is 0 Å². The zero-order chi connectivity index (χ0) is 13.5. The van der Waals surface area contributed by atoms with Crippen molar-refractivity contribution in [3.63, 3.8) is 0 Å². The molecule has 19 heavy (non-hydrogen) atoms. The molecule has 0 unspecified atom stereocenters. The maximum Gasteiger partial charge on any atom is 0.121 e. The highest BCUT2D eigenvalue weighted by molar-refractivity contribution is 5.44. The van der Waals surface area contributed by atoms with E-state index < -0.39 is 0 Å². The summed E-state index contributed by atoms with van der Waals surface area (Å²) in [6, 6.07) is 10.4. The Morgan fingerprint density at radius 3 is 2.68 bits per heavy atom. The lowest BCUT2D eigenvalue weighted by Crippen LogP contribution is -2.23. The van der Waals surface area contributed by atoms with E-state index in [1.165, 1.54) is 5.69 Å². The number of para-hydroxylation sites is 1. The molecule has 1 aromatic heterocycles. The van der Waals surface area contributed by atoms with Crippen LogP contribution in [0.1, 0.15) is 17.8 Å². The minimum Gasteiger partial charge on any atom is -0.375 e. The van der Waals surface area contributed by atoms with Crippen molar-refractivity contribution in [2.75, 3.05) is 25.0 Å². The van der Waals surface area contributed by atoms with Crippen LogP contribution in [0.5, 0.6) is 0 Å². The molecule has 0 saturated heterocycles. The third-order valence-corrected chi connectivity index (χ3v) is 3.08. The number of nitrogens with one attached hydrogen (secondary N) is 1. The van der Waals surface area contributed by atoms with E-state index in [2.05, 4.69) is 56.5 Å². The summed E-state index contributed by atoms with van der Waals surface area (Å²) in [5.41, 5.74) is 2.99. The van der Waals surface area contributed by atoms with Crippen LogP contribution in [0.2, 0.25) is 0 Å². The summed E-state index contributed by atoms with van der Waals surface area (Å²) < 4.78 is 4.65. The zero-order valence-corrected chi connectivity index (χ0v) is 11.5. The van der Waals surface area contributed by atoms with Gasteiger partial charge in [-0.3, -0.25) is 0 Å². The molecule has 0 fully saturated rings. The van der Waals surface area contributed by atoms with Crippen LogP contribution in [0, 0.1) is 6.92 Å². The molecular weight excluding hydrogens is 240 g/mol. The van der Waals surface area contributed by atoms with E-state index in [-0.39, 0.29) is 0 Å². The first-order valence-electron chi connectivity index (χ1n) is 6.52. The molecule has 0 amide bonds. The summed E-state index contributed by atoms with van der Waals surface area (Å²) in [6.07, 6.45) is 1.08. The first-order chi connectivity index (χ1) is 9.27. The van der Waals surface area contributed by atoms with Crippen molar-refractivity contribution in [3.05, 3.63) is 41.7 Å². The van der Waals surface area contributed by atoms with Crippen molar-refractivity contribution in [3.8, 4) is 0 Å². The Balaban J connectivity index is 1.63. The van der Waals surface area contributed by atoms with E-state index in [0.717, 1.165) is 30.9 Å². The average Bonchev–Trinajstić information content (AvgIpc) is 2.85. The van der Waals surface area contributed by atoms with Crippen molar-refractivity contribution < 1.29 is 4.63 Å². The fourth-order valence-corrected chi connectivity index (χ4v) is 1.87. The largest absolute Gasteiger partial charge is 0.375 e. The third-order valence-electron chi connectivity index (χ3n) is 3.08. The number of benzene rings is 1. The average molecular weight is 260 g/mol. The van der Waals surface area contributed by atoms with Gasteiger partial charge >= 0.3 is 0 Å². The molecule has 0 aliphatic heterocycles. The van der Waals surface area contributed by atoms with Gasteiger partial charge in [-0.1, -0.05) is 28.5 Å². The lowest BCUT2D eigenvalue weighted by molar-refractivity contribution is 0.300. The van der Waals surface area contributed by atoms with Gasteiger partial charge < -0.3 is 10.2 Å². The number of nitrogens with zero attached hydrogens (tertiary/aromatic N) is 3. The number of hydrogen-bond acceptors (Lipinski definition) is 5. The molecule has 2 aromatic rings. The Hall–Kier alpha value is -1.88. The van der Waals surface area contributed by atoms with Gasteiger partial charge in [0.05, 0.1) is 0 Å². The Kier molecular flexibility index (Phi) is 4.92. The SMILES string of the molecule is Cc1nonc1CNCCCN(C)c1ccccc1. The van der Waals surface area contributed by atoms with Gasteiger partial charge in [0.15, 0.2) is 0 Å². The molecule has 5 heteroatoms. The lowest BCUT2D eigenvalue weighted by atomic mass is 10.3. The molecule has 2 rings (SSSR count). The molecule has 1 heterocycles. The number of anilines is 1. The van der Waals surface area contributed by atoms with Crippen molar-refractivity contribution in [2.45, 2.75) is 19.9 Å². The minimum atomic E-state index is 0.713. The highest BCUT2D eigenvalue weighted by Gasteiger charge is 2.04. The summed E-state index contributed by atoms with van der Waals surface area (Å²) >= 11 is 0. The van der Waals surface area contributed by atoms with Gasteiger partial charge in [-0.05, 0) is 32.0 Å². The van der Waals surface area contributed by atoms with E-state index in [0.29, 0.717) is 6.54 Å². The summed E-state index contributed by atoms with van der Waals surface area (Å²) in [7, 11) is 2.11. The van der Waals surface area contributed by atoms with E-state index in [9.17, 15) is 0 Å². The molecular formula is C14H20N4O. The Morgan fingerprint density at radius 1 is 1.21 bits per heavy atom. The Labute approximate surface area is 113 Å². The molecule has 0 aliphatic rings. The molecule has 0 spiro atoms. The maximum absolute atomic E-state index is 4.65. The fraction of sp³-hybridized carbons (Fsp3) is 0.429. The van der Waals surface area contributed by atoms with Crippen LogP contribution in [0.25, 0.3) is 0 Å². The third kappa shape index (κ3) is 4.06. The van der Waals surface area contributed by atoms with Gasteiger partial charge in [0.2, 0.25) is 0 Å². The van der Waals surface area contributed by atoms with Crippen LogP contribution in [-0.2, 0) is 6.54 Å². The Bertz CT molecular complexity index is 483. The van der Waals surface area contributed by atoms with Gasteiger partial charge in [0, 0.05) is 25.8 Å². The number of aromatic nitrogens is 2. The second-order valence-corrected chi connectivity index (χ2v) is 4.58. The van der Waals surface area contributed by atoms with Gasteiger partial charge in [-0.2, -0.15) is 0 Å². The molecule has 0 aliphatic carbocycles.